The van der Waals surface area contributed by atoms with E-state index in [0.29, 0.717) is 26.2 Å². The van der Waals surface area contributed by atoms with E-state index in [1.807, 2.05) is 0 Å². The maximum atomic E-state index is 10.3. The molecule has 0 spiro atoms. The van der Waals surface area contributed by atoms with Gasteiger partial charge < -0.3 is 25.6 Å². The Bertz CT molecular complexity index is 272. The van der Waals surface area contributed by atoms with Crippen molar-refractivity contribution in [2.24, 2.45) is 0 Å². The number of aliphatic carboxylic acids is 1. The van der Waals surface area contributed by atoms with Gasteiger partial charge in [0.15, 0.2) is 0 Å². The Morgan fingerprint density at radius 1 is 0.739 bits per heavy atom. The van der Waals surface area contributed by atoms with Crippen molar-refractivity contribution in [3.8, 4) is 0 Å². The lowest BCUT2D eigenvalue weighted by Gasteiger charge is -2.06. The summed E-state index contributed by atoms with van der Waals surface area (Å²) in [6, 6.07) is 0. The molecule has 0 aromatic heterocycles. The topological polar surface area (TPSA) is 108 Å². The first-order chi connectivity index (χ1) is 11.1. The fourth-order valence-electron chi connectivity index (χ4n) is 2.19. The van der Waals surface area contributed by atoms with Crippen molar-refractivity contribution in [2.45, 2.75) is 57.8 Å². The van der Waals surface area contributed by atoms with E-state index in [1.54, 1.807) is 0 Å². The van der Waals surface area contributed by atoms with Crippen LogP contribution < -0.4 is 10.6 Å². The summed E-state index contributed by atoms with van der Waals surface area (Å²) in [4.78, 5) is 20.5. The second-order valence-electron chi connectivity index (χ2n) is 5.57. The van der Waals surface area contributed by atoms with Crippen LogP contribution in [0, 0.1) is 0 Å². The number of hydrogen-bond donors (Lipinski definition) is 4. The highest BCUT2D eigenvalue weighted by Crippen LogP contribution is 2.09. The minimum Gasteiger partial charge on any atom is -0.481 e. The Morgan fingerprint density at radius 2 is 1.30 bits per heavy atom. The number of carboxylic acid groups (broad SMARTS) is 2. The lowest BCUT2D eigenvalue weighted by Crippen LogP contribution is -2.27. The minimum absolute atomic E-state index is 0.297. The third-order valence-corrected chi connectivity index (χ3v) is 3.44. The van der Waals surface area contributed by atoms with Gasteiger partial charge in [0.25, 0.3) is 0 Å². The van der Waals surface area contributed by atoms with Crippen LogP contribution >= 0.6 is 0 Å². The van der Waals surface area contributed by atoms with Gasteiger partial charge in [-0.25, -0.2) is 4.79 Å². The van der Waals surface area contributed by atoms with Crippen molar-refractivity contribution in [1.82, 2.24) is 10.6 Å². The molecule has 0 aliphatic carbocycles. The number of carbonyl (C=O) groups is 2. The smallest absolute Gasteiger partial charge is 0.404 e. The van der Waals surface area contributed by atoms with Gasteiger partial charge in [-0.15, -0.1) is 0 Å². The van der Waals surface area contributed by atoms with E-state index >= 15 is 0 Å². The van der Waals surface area contributed by atoms with Gasteiger partial charge in [-0.1, -0.05) is 38.5 Å². The number of amides is 1. The van der Waals surface area contributed by atoms with E-state index in [-0.39, 0.29) is 0 Å². The second kappa shape index (κ2) is 17.0. The molecule has 0 unspecified atom stereocenters. The SMILES string of the molecule is O=C(O)CCCCCCCCCCNCCOCCNC(=O)O. The zero-order chi connectivity index (χ0) is 17.2. The predicted octanol–water partition coefficient (Wildman–Crippen LogP) is 2.46. The van der Waals surface area contributed by atoms with Gasteiger partial charge in [0.1, 0.15) is 0 Å². The molecule has 0 radical (unpaired) electrons. The Labute approximate surface area is 138 Å². The Hall–Kier alpha value is -1.34. The molecule has 0 fully saturated rings. The largest absolute Gasteiger partial charge is 0.481 e. The van der Waals surface area contributed by atoms with Crippen LogP contribution in [0.4, 0.5) is 4.79 Å². The summed E-state index contributed by atoms with van der Waals surface area (Å²) in [7, 11) is 0. The predicted molar refractivity (Wildman–Crippen MR) is 88.9 cm³/mol. The highest BCUT2D eigenvalue weighted by Gasteiger charge is 1.97. The molecule has 1 amide bonds. The highest BCUT2D eigenvalue weighted by atomic mass is 16.5. The minimum atomic E-state index is -1.02. The van der Waals surface area contributed by atoms with E-state index in [1.165, 1.54) is 25.7 Å². The first-order valence-electron chi connectivity index (χ1n) is 8.60. The molecule has 136 valence electrons. The number of nitrogens with one attached hydrogen (secondary N) is 2. The van der Waals surface area contributed by atoms with Gasteiger partial charge in [0.2, 0.25) is 0 Å². The molecule has 0 heterocycles. The Kier molecular flexibility index (Phi) is 16.0. The number of rotatable bonds is 17. The molecule has 0 saturated heterocycles. The zero-order valence-corrected chi connectivity index (χ0v) is 14.0. The number of hydrogen-bond acceptors (Lipinski definition) is 4. The third kappa shape index (κ3) is 20.7. The molecule has 7 heteroatoms. The van der Waals surface area contributed by atoms with E-state index in [0.717, 1.165) is 38.8 Å². The Morgan fingerprint density at radius 3 is 1.91 bits per heavy atom. The van der Waals surface area contributed by atoms with Gasteiger partial charge in [-0.05, 0) is 19.4 Å². The molecular formula is C16H32N2O5. The first-order valence-corrected chi connectivity index (χ1v) is 8.60. The van der Waals surface area contributed by atoms with E-state index < -0.39 is 12.1 Å². The van der Waals surface area contributed by atoms with Gasteiger partial charge in [0, 0.05) is 19.5 Å². The monoisotopic (exact) mass is 332 g/mol. The first kappa shape index (κ1) is 21.7. The summed E-state index contributed by atoms with van der Waals surface area (Å²) in [5.74, 6) is -0.695. The summed E-state index contributed by atoms with van der Waals surface area (Å²) < 4.78 is 5.27. The standard InChI is InChI=1S/C16H32N2O5/c19-15(20)9-7-5-3-1-2-4-6-8-10-17-11-13-23-14-12-18-16(21)22/h17-18H,1-14H2,(H,19,20)(H,21,22). The number of ether oxygens (including phenoxy) is 1. The van der Waals surface area contributed by atoms with Crippen molar-refractivity contribution in [3.63, 3.8) is 0 Å². The summed E-state index contributed by atoms with van der Waals surface area (Å²) in [6.07, 6.45) is 8.27. The number of unbranched alkanes of at least 4 members (excludes halogenated alkanes) is 7. The lowest BCUT2D eigenvalue weighted by molar-refractivity contribution is -0.137. The van der Waals surface area contributed by atoms with E-state index in [4.69, 9.17) is 14.9 Å². The molecule has 0 aliphatic rings. The molecular weight excluding hydrogens is 300 g/mol. The van der Waals surface area contributed by atoms with Crippen molar-refractivity contribution >= 4 is 12.1 Å². The average molecular weight is 332 g/mol. The summed E-state index contributed by atoms with van der Waals surface area (Å²) in [6.45, 7) is 3.09. The van der Waals surface area contributed by atoms with Crippen LogP contribution in [0.3, 0.4) is 0 Å². The highest BCUT2D eigenvalue weighted by molar-refractivity contribution is 5.66. The van der Waals surface area contributed by atoms with Gasteiger partial charge in [-0.3, -0.25) is 4.79 Å². The van der Waals surface area contributed by atoms with Gasteiger partial charge in [0.05, 0.1) is 13.2 Å². The van der Waals surface area contributed by atoms with Crippen LogP contribution in [0.5, 0.6) is 0 Å². The molecule has 0 rings (SSSR count). The van der Waals surface area contributed by atoms with Gasteiger partial charge in [-0.2, -0.15) is 0 Å². The van der Waals surface area contributed by atoms with Crippen LogP contribution in [0.15, 0.2) is 0 Å². The molecule has 0 aliphatic heterocycles. The summed E-state index contributed by atoms with van der Waals surface area (Å²) in [5, 5.41) is 22.4. The lowest BCUT2D eigenvalue weighted by atomic mass is 10.1. The molecule has 0 bridgehead atoms. The van der Waals surface area contributed by atoms with Crippen LogP contribution in [-0.2, 0) is 9.53 Å². The fourth-order valence-corrected chi connectivity index (χ4v) is 2.19. The van der Waals surface area contributed by atoms with Crippen LogP contribution in [-0.4, -0.2) is 55.1 Å². The normalized spacial score (nSPS) is 10.6. The zero-order valence-electron chi connectivity index (χ0n) is 14.0. The third-order valence-electron chi connectivity index (χ3n) is 3.44. The molecule has 0 atom stereocenters. The summed E-state index contributed by atoms with van der Waals surface area (Å²) >= 11 is 0. The molecule has 0 aromatic carbocycles. The van der Waals surface area contributed by atoms with Crippen molar-refractivity contribution in [1.29, 1.82) is 0 Å². The van der Waals surface area contributed by atoms with Crippen molar-refractivity contribution < 1.29 is 24.5 Å². The van der Waals surface area contributed by atoms with E-state index in [2.05, 4.69) is 10.6 Å². The molecule has 7 nitrogen and oxygen atoms in total. The maximum absolute atomic E-state index is 10.3. The number of carboxylic acids is 1. The quantitative estimate of drug-likeness (QED) is 0.305. The van der Waals surface area contributed by atoms with E-state index in [9.17, 15) is 9.59 Å². The molecule has 0 saturated carbocycles. The van der Waals surface area contributed by atoms with Crippen molar-refractivity contribution in [3.05, 3.63) is 0 Å². The maximum Gasteiger partial charge on any atom is 0.404 e. The second-order valence-corrected chi connectivity index (χ2v) is 5.57. The molecule has 23 heavy (non-hydrogen) atoms. The Balaban J connectivity index is 3.00. The van der Waals surface area contributed by atoms with Crippen LogP contribution in [0.1, 0.15) is 57.8 Å². The van der Waals surface area contributed by atoms with Crippen LogP contribution in [0.2, 0.25) is 0 Å². The summed E-state index contributed by atoms with van der Waals surface area (Å²) in [5.41, 5.74) is 0. The molecule has 0 aromatic rings. The fraction of sp³-hybridized carbons (Fsp3) is 0.875. The van der Waals surface area contributed by atoms with Crippen LogP contribution in [0.25, 0.3) is 0 Å². The average Bonchev–Trinajstić information content (AvgIpc) is 2.49. The molecule has 4 N–H and O–H groups in total. The van der Waals surface area contributed by atoms with Crippen molar-refractivity contribution in [2.75, 3.05) is 32.8 Å². The van der Waals surface area contributed by atoms with Gasteiger partial charge >= 0.3 is 12.1 Å².